The SMILES string of the molecule is N#Cc1cccc(-n2[nH]nnc2=S)c1. The molecule has 0 bridgehead atoms. The first-order chi connectivity index (χ1) is 6.81. The highest BCUT2D eigenvalue weighted by molar-refractivity contribution is 7.71. The summed E-state index contributed by atoms with van der Waals surface area (Å²) in [4.78, 5) is 0. The Balaban J connectivity index is 2.59. The zero-order valence-corrected chi connectivity index (χ0v) is 7.82. The number of nitriles is 1. The Morgan fingerprint density at radius 1 is 1.50 bits per heavy atom. The molecule has 0 aliphatic rings. The van der Waals surface area contributed by atoms with Crippen LogP contribution in [0, 0.1) is 16.1 Å². The highest BCUT2D eigenvalue weighted by Gasteiger charge is 1.99. The predicted molar refractivity (Wildman–Crippen MR) is 51.3 cm³/mol. The van der Waals surface area contributed by atoms with Crippen LogP contribution in [0.1, 0.15) is 5.56 Å². The van der Waals surface area contributed by atoms with Gasteiger partial charge in [0.1, 0.15) is 0 Å². The van der Waals surface area contributed by atoms with E-state index in [0.29, 0.717) is 10.3 Å². The first-order valence-electron chi connectivity index (χ1n) is 3.82. The summed E-state index contributed by atoms with van der Waals surface area (Å²) in [5, 5.41) is 18.5. The van der Waals surface area contributed by atoms with E-state index in [9.17, 15) is 0 Å². The van der Waals surface area contributed by atoms with Gasteiger partial charge in [0.2, 0.25) is 4.77 Å². The second-order valence-electron chi connectivity index (χ2n) is 2.58. The van der Waals surface area contributed by atoms with Crippen molar-refractivity contribution in [1.29, 1.82) is 5.26 Å². The normalized spacial score (nSPS) is 9.64. The van der Waals surface area contributed by atoms with Crippen molar-refractivity contribution in [3.05, 3.63) is 34.6 Å². The standard InChI is InChI=1S/C8H5N5S/c9-5-6-2-1-3-7(4-6)13-8(14)10-11-12-13/h1-4H,(H,10,12,14). The minimum atomic E-state index is 0.333. The number of rotatable bonds is 1. The smallest absolute Gasteiger partial charge is 0.210 e. The van der Waals surface area contributed by atoms with Gasteiger partial charge in [-0.15, -0.1) is 0 Å². The Morgan fingerprint density at radius 3 is 3.00 bits per heavy atom. The lowest BCUT2D eigenvalue weighted by molar-refractivity contribution is 0.786. The Kier molecular flexibility index (Phi) is 2.08. The van der Waals surface area contributed by atoms with E-state index in [1.165, 1.54) is 4.68 Å². The summed E-state index contributed by atoms with van der Waals surface area (Å²) in [6, 6.07) is 9.06. The number of nitrogens with one attached hydrogen (secondary N) is 1. The molecule has 5 nitrogen and oxygen atoms in total. The largest absolute Gasteiger partial charge is 0.242 e. The number of nitrogens with zero attached hydrogens (tertiary/aromatic N) is 4. The van der Waals surface area contributed by atoms with Crippen LogP contribution in [0.5, 0.6) is 0 Å². The first kappa shape index (κ1) is 8.59. The van der Waals surface area contributed by atoms with Crippen LogP contribution in [-0.4, -0.2) is 20.2 Å². The highest BCUT2D eigenvalue weighted by atomic mass is 32.1. The zero-order valence-electron chi connectivity index (χ0n) is 7.01. The summed E-state index contributed by atoms with van der Waals surface area (Å²) >= 11 is 4.92. The van der Waals surface area contributed by atoms with Gasteiger partial charge in [-0.2, -0.15) is 10.5 Å². The molecule has 0 fully saturated rings. The molecule has 1 aromatic carbocycles. The quantitative estimate of drug-likeness (QED) is 0.707. The van der Waals surface area contributed by atoms with Crippen molar-refractivity contribution in [3.63, 3.8) is 0 Å². The van der Waals surface area contributed by atoms with Crippen LogP contribution >= 0.6 is 12.2 Å². The maximum absolute atomic E-state index is 8.70. The fraction of sp³-hybridized carbons (Fsp3) is 0. The van der Waals surface area contributed by atoms with Crippen LogP contribution in [0.3, 0.4) is 0 Å². The van der Waals surface area contributed by atoms with Crippen molar-refractivity contribution in [2.24, 2.45) is 0 Å². The minimum Gasteiger partial charge on any atom is -0.210 e. The van der Waals surface area contributed by atoms with Crippen LogP contribution in [0.25, 0.3) is 5.69 Å². The van der Waals surface area contributed by atoms with Gasteiger partial charge in [-0.3, -0.25) is 0 Å². The summed E-state index contributed by atoms with van der Waals surface area (Å²) in [5.74, 6) is 0. The molecule has 0 radical (unpaired) electrons. The molecule has 0 aliphatic carbocycles. The Bertz CT molecular complexity index is 547. The lowest BCUT2D eigenvalue weighted by Gasteiger charge is -1.99. The van der Waals surface area contributed by atoms with Crippen LogP contribution in [0.4, 0.5) is 0 Å². The van der Waals surface area contributed by atoms with Crippen LogP contribution < -0.4 is 0 Å². The first-order valence-corrected chi connectivity index (χ1v) is 4.23. The monoisotopic (exact) mass is 203 g/mol. The van der Waals surface area contributed by atoms with Crippen LogP contribution in [0.2, 0.25) is 0 Å². The molecule has 0 saturated heterocycles. The predicted octanol–water partition coefficient (Wildman–Crippen LogP) is 1.20. The van der Waals surface area contributed by atoms with E-state index in [1.807, 2.05) is 12.1 Å². The van der Waals surface area contributed by atoms with E-state index in [1.54, 1.807) is 18.2 Å². The van der Waals surface area contributed by atoms with Crippen molar-refractivity contribution < 1.29 is 0 Å². The van der Waals surface area contributed by atoms with Gasteiger partial charge in [0.25, 0.3) is 0 Å². The number of aromatic amines is 1. The van der Waals surface area contributed by atoms with Gasteiger partial charge in [0.05, 0.1) is 17.3 Å². The van der Waals surface area contributed by atoms with Gasteiger partial charge in [-0.1, -0.05) is 16.4 Å². The Hall–Kier alpha value is -2.00. The third-order valence-corrected chi connectivity index (χ3v) is 1.97. The third kappa shape index (κ3) is 1.41. The van der Waals surface area contributed by atoms with Gasteiger partial charge in [-0.05, 0) is 30.4 Å². The van der Waals surface area contributed by atoms with Gasteiger partial charge in [-0.25, -0.2) is 4.68 Å². The number of H-pyrrole nitrogens is 1. The van der Waals surface area contributed by atoms with E-state index in [0.717, 1.165) is 5.69 Å². The van der Waals surface area contributed by atoms with Gasteiger partial charge in [0.15, 0.2) is 0 Å². The molecule has 0 unspecified atom stereocenters. The highest BCUT2D eigenvalue weighted by Crippen LogP contribution is 2.07. The second kappa shape index (κ2) is 3.40. The molecule has 2 rings (SSSR count). The number of benzene rings is 1. The minimum absolute atomic E-state index is 0.333. The van der Waals surface area contributed by atoms with E-state index in [-0.39, 0.29) is 0 Å². The molecule has 0 amide bonds. The van der Waals surface area contributed by atoms with Crippen molar-refractivity contribution in [2.75, 3.05) is 0 Å². The molecule has 1 heterocycles. The van der Waals surface area contributed by atoms with Crippen LogP contribution in [0.15, 0.2) is 24.3 Å². The fourth-order valence-corrected chi connectivity index (χ4v) is 1.27. The second-order valence-corrected chi connectivity index (χ2v) is 2.95. The number of hydrogen-bond acceptors (Lipinski definition) is 4. The molecule has 0 spiro atoms. The van der Waals surface area contributed by atoms with Gasteiger partial charge >= 0.3 is 0 Å². The fourth-order valence-electron chi connectivity index (χ4n) is 1.08. The average Bonchev–Trinajstić information content (AvgIpc) is 2.65. The molecule has 1 N–H and O–H groups in total. The van der Waals surface area contributed by atoms with Crippen molar-refractivity contribution >= 4 is 12.2 Å². The molecule has 2 aromatic rings. The van der Waals surface area contributed by atoms with E-state index in [4.69, 9.17) is 17.5 Å². The summed E-state index contributed by atoms with van der Waals surface area (Å²) in [7, 11) is 0. The number of aromatic nitrogens is 4. The van der Waals surface area contributed by atoms with Crippen LogP contribution in [-0.2, 0) is 0 Å². The average molecular weight is 203 g/mol. The van der Waals surface area contributed by atoms with Crippen molar-refractivity contribution in [2.45, 2.75) is 0 Å². The third-order valence-electron chi connectivity index (χ3n) is 1.71. The van der Waals surface area contributed by atoms with Crippen molar-refractivity contribution in [3.8, 4) is 11.8 Å². The molecule has 0 saturated carbocycles. The lowest BCUT2D eigenvalue weighted by atomic mass is 10.2. The number of hydrogen-bond donors (Lipinski definition) is 1. The number of tetrazole rings is 1. The van der Waals surface area contributed by atoms with E-state index >= 15 is 0 Å². The molecule has 68 valence electrons. The molecule has 0 atom stereocenters. The Labute approximate surface area is 84.6 Å². The topological polar surface area (TPSA) is 70.3 Å². The summed E-state index contributed by atoms with van der Waals surface area (Å²) in [5.41, 5.74) is 1.32. The summed E-state index contributed by atoms with van der Waals surface area (Å²) in [6.45, 7) is 0. The molecule has 6 heteroatoms. The molecule has 0 aliphatic heterocycles. The molecule has 14 heavy (non-hydrogen) atoms. The summed E-state index contributed by atoms with van der Waals surface area (Å²) < 4.78 is 1.86. The summed E-state index contributed by atoms with van der Waals surface area (Å²) in [6.07, 6.45) is 0. The van der Waals surface area contributed by atoms with E-state index in [2.05, 4.69) is 15.5 Å². The lowest BCUT2D eigenvalue weighted by Crippen LogP contribution is -1.96. The van der Waals surface area contributed by atoms with Gasteiger partial charge < -0.3 is 0 Å². The molecule has 1 aromatic heterocycles. The maximum Gasteiger partial charge on any atom is 0.242 e. The Morgan fingerprint density at radius 2 is 2.36 bits per heavy atom. The van der Waals surface area contributed by atoms with Gasteiger partial charge in [0, 0.05) is 0 Å². The van der Waals surface area contributed by atoms with E-state index < -0.39 is 0 Å². The van der Waals surface area contributed by atoms with Crippen molar-refractivity contribution in [1.82, 2.24) is 20.2 Å². The maximum atomic E-state index is 8.70. The molecular weight excluding hydrogens is 198 g/mol. The molecular formula is C8H5N5S. The zero-order chi connectivity index (χ0) is 9.97.